The Labute approximate surface area is 122 Å². The third-order valence-electron chi connectivity index (χ3n) is 2.28. The van der Waals surface area contributed by atoms with Crippen molar-refractivity contribution in [1.82, 2.24) is 0 Å². The topological polar surface area (TPSA) is 20.2 Å². The van der Waals surface area contributed by atoms with Gasteiger partial charge in [-0.05, 0) is 29.3 Å². The van der Waals surface area contributed by atoms with Gasteiger partial charge in [-0.3, -0.25) is 0 Å². The van der Waals surface area contributed by atoms with Crippen LogP contribution in [-0.2, 0) is 6.42 Å². The normalized spacial score (nSPS) is 9.56. The van der Waals surface area contributed by atoms with Crippen LogP contribution >= 0.6 is 11.6 Å². The number of rotatable bonds is 2. The summed E-state index contributed by atoms with van der Waals surface area (Å²) in [4.78, 5) is 0. The van der Waals surface area contributed by atoms with Crippen LogP contribution in [-0.4, -0.2) is 34.7 Å². The van der Waals surface area contributed by atoms with Crippen molar-refractivity contribution in [3.8, 4) is 5.75 Å². The number of hydrogen-bond donors (Lipinski definition) is 1. The van der Waals surface area contributed by atoms with Gasteiger partial charge in [0.25, 0.3) is 0 Å². The molecule has 3 heteroatoms. The molecule has 0 bridgehead atoms. The molecule has 0 radical (unpaired) electrons. The Kier molecular flexibility index (Phi) is 5.36. The summed E-state index contributed by atoms with van der Waals surface area (Å²) in [7, 11) is 0. The average Bonchev–Trinajstić information content (AvgIpc) is 2.25. The van der Waals surface area contributed by atoms with Crippen LogP contribution in [0, 0.1) is 0 Å². The molecule has 0 aliphatic heterocycles. The molecular formula is C13H12ClNaO. The molecular weight excluding hydrogens is 231 g/mol. The van der Waals surface area contributed by atoms with E-state index in [1.54, 1.807) is 18.2 Å². The second-order valence-electron chi connectivity index (χ2n) is 3.44. The first kappa shape index (κ1) is 13.6. The Morgan fingerprint density at radius 2 is 1.69 bits per heavy atom. The third-order valence-corrected chi connectivity index (χ3v) is 2.51. The summed E-state index contributed by atoms with van der Waals surface area (Å²) in [6.07, 6.45) is 0.702. The second-order valence-corrected chi connectivity index (χ2v) is 3.87. The molecule has 0 amide bonds. The Hall–Kier alpha value is -0.470. The number of phenols is 1. The van der Waals surface area contributed by atoms with Gasteiger partial charge in [0.2, 0.25) is 0 Å². The number of halogens is 1. The average molecular weight is 243 g/mol. The Balaban J connectivity index is 0.00000128. The molecule has 1 nitrogen and oxygen atoms in total. The molecule has 0 aliphatic rings. The van der Waals surface area contributed by atoms with E-state index < -0.39 is 0 Å². The zero-order valence-corrected chi connectivity index (χ0v) is 8.91. The molecule has 2 rings (SSSR count). The van der Waals surface area contributed by atoms with E-state index in [0.717, 1.165) is 11.1 Å². The predicted octanol–water partition coefficient (Wildman–Crippen LogP) is 2.99. The molecule has 0 unspecified atom stereocenters. The van der Waals surface area contributed by atoms with Gasteiger partial charge in [-0.2, -0.15) is 0 Å². The molecule has 1 N–H and O–H groups in total. The monoisotopic (exact) mass is 242 g/mol. The number of phenolic OH excluding ortho intramolecular Hbond substituents is 1. The molecule has 0 saturated heterocycles. The zero-order valence-electron chi connectivity index (χ0n) is 8.15. The molecule has 0 heterocycles. The molecule has 0 spiro atoms. The van der Waals surface area contributed by atoms with Crippen LogP contribution in [0.2, 0.25) is 5.02 Å². The maximum absolute atomic E-state index is 9.64. The van der Waals surface area contributed by atoms with Gasteiger partial charge in [-0.1, -0.05) is 41.9 Å². The minimum atomic E-state index is 0. The fraction of sp³-hybridized carbons (Fsp3) is 0.0769. The number of benzene rings is 2. The van der Waals surface area contributed by atoms with Crippen molar-refractivity contribution in [3.63, 3.8) is 0 Å². The Morgan fingerprint density at radius 1 is 1.00 bits per heavy atom. The van der Waals surface area contributed by atoms with Crippen LogP contribution in [0.1, 0.15) is 11.1 Å². The summed E-state index contributed by atoms with van der Waals surface area (Å²) < 4.78 is 0. The molecule has 2 aromatic carbocycles. The van der Waals surface area contributed by atoms with Crippen LogP contribution in [0.5, 0.6) is 5.75 Å². The standard InChI is InChI=1S/C13H11ClO.Na.H/c14-12-6-7-13(15)11(9-12)8-10-4-2-1-3-5-10;;/h1-7,9,15H,8H2;;. The van der Waals surface area contributed by atoms with Gasteiger partial charge in [0.15, 0.2) is 0 Å². The maximum atomic E-state index is 9.64. The van der Waals surface area contributed by atoms with Crippen molar-refractivity contribution >= 4 is 41.2 Å². The molecule has 0 aromatic heterocycles. The quantitative estimate of drug-likeness (QED) is 0.803. The first-order chi connectivity index (χ1) is 7.25. The van der Waals surface area contributed by atoms with Crippen LogP contribution in [0.4, 0.5) is 0 Å². The van der Waals surface area contributed by atoms with Gasteiger partial charge in [0, 0.05) is 11.4 Å². The first-order valence-corrected chi connectivity index (χ1v) is 5.15. The SMILES string of the molecule is Oc1ccc(Cl)cc1Cc1ccccc1.[NaH]. The molecule has 16 heavy (non-hydrogen) atoms. The van der Waals surface area contributed by atoms with Crippen LogP contribution in [0.3, 0.4) is 0 Å². The van der Waals surface area contributed by atoms with Crippen molar-refractivity contribution in [1.29, 1.82) is 0 Å². The van der Waals surface area contributed by atoms with Crippen molar-refractivity contribution in [2.75, 3.05) is 0 Å². The third kappa shape index (κ3) is 3.53. The Morgan fingerprint density at radius 3 is 2.38 bits per heavy atom. The van der Waals surface area contributed by atoms with E-state index in [9.17, 15) is 5.11 Å². The van der Waals surface area contributed by atoms with Crippen molar-refractivity contribution in [3.05, 3.63) is 64.7 Å². The van der Waals surface area contributed by atoms with Gasteiger partial charge in [0.05, 0.1) is 0 Å². The minimum absolute atomic E-state index is 0. The molecule has 0 atom stereocenters. The fourth-order valence-electron chi connectivity index (χ4n) is 1.51. The molecule has 78 valence electrons. The zero-order chi connectivity index (χ0) is 10.7. The summed E-state index contributed by atoms with van der Waals surface area (Å²) in [6.45, 7) is 0. The predicted molar refractivity (Wildman–Crippen MR) is 69.5 cm³/mol. The first-order valence-electron chi connectivity index (χ1n) is 4.77. The summed E-state index contributed by atoms with van der Waals surface area (Å²) in [5, 5.41) is 10.3. The summed E-state index contributed by atoms with van der Waals surface area (Å²) in [6, 6.07) is 15.1. The van der Waals surface area contributed by atoms with Crippen molar-refractivity contribution < 1.29 is 5.11 Å². The summed E-state index contributed by atoms with van der Waals surface area (Å²) in [5.41, 5.74) is 2.02. The Bertz CT molecular complexity index is 457. The van der Waals surface area contributed by atoms with Gasteiger partial charge < -0.3 is 5.11 Å². The van der Waals surface area contributed by atoms with E-state index in [-0.39, 0.29) is 29.6 Å². The van der Waals surface area contributed by atoms with Crippen LogP contribution in [0.15, 0.2) is 48.5 Å². The van der Waals surface area contributed by atoms with Gasteiger partial charge in [-0.25, -0.2) is 0 Å². The van der Waals surface area contributed by atoms with Crippen LogP contribution < -0.4 is 0 Å². The molecule has 0 saturated carbocycles. The van der Waals surface area contributed by atoms with E-state index in [1.807, 2.05) is 30.3 Å². The fourth-order valence-corrected chi connectivity index (χ4v) is 1.71. The molecule has 0 fully saturated rings. The van der Waals surface area contributed by atoms with Crippen molar-refractivity contribution in [2.24, 2.45) is 0 Å². The summed E-state index contributed by atoms with van der Waals surface area (Å²) in [5.74, 6) is 0.295. The van der Waals surface area contributed by atoms with Gasteiger partial charge in [0.1, 0.15) is 5.75 Å². The van der Waals surface area contributed by atoms with Crippen molar-refractivity contribution in [2.45, 2.75) is 6.42 Å². The van der Waals surface area contributed by atoms with Gasteiger partial charge in [-0.15, -0.1) is 0 Å². The second kappa shape index (κ2) is 6.31. The van der Waals surface area contributed by atoms with E-state index in [4.69, 9.17) is 11.6 Å². The molecule has 0 aliphatic carbocycles. The number of aromatic hydroxyl groups is 1. The van der Waals surface area contributed by atoms with Crippen LogP contribution in [0.25, 0.3) is 0 Å². The van der Waals surface area contributed by atoms with Gasteiger partial charge >= 0.3 is 29.6 Å². The van der Waals surface area contributed by atoms with E-state index in [2.05, 4.69) is 0 Å². The molecule has 2 aromatic rings. The van der Waals surface area contributed by atoms with E-state index in [0.29, 0.717) is 17.2 Å². The number of hydrogen-bond acceptors (Lipinski definition) is 1. The van der Waals surface area contributed by atoms with E-state index >= 15 is 0 Å². The van der Waals surface area contributed by atoms with E-state index in [1.165, 1.54) is 0 Å². The summed E-state index contributed by atoms with van der Waals surface area (Å²) >= 11 is 5.87.